The number of nitrogens with two attached hydrogens (primary N) is 2. The summed E-state index contributed by atoms with van der Waals surface area (Å²) in [6.45, 7) is 14.2. The minimum absolute atomic E-state index is 0. The molecule has 0 aliphatic heterocycles. The van der Waals surface area contributed by atoms with Gasteiger partial charge in [0.15, 0.2) is 6.29 Å². The molecule has 2 aromatic carbocycles. The smallest absolute Gasteiger partial charge is 0.373 e. The predicted molar refractivity (Wildman–Crippen MR) is 305 cm³/mol. The Labute approximate surface area is 478 Å². The lowest BCUT2D eigenvalue weighted by Gasteiger charge is -2.19. The van der Waals surface area contributed by atoms with Crippen molar-refractivity contribution in [2.24, 2.45) is 11.7 Å². The molecule has 1 atom stereocenters. The van der Waals surface area contributed by atoms with Crippen molar-refractivity contribution in [3.8, 4) is 17.6 Å². The van der Waals surface area contributed by atoms with E-state index in [9.17, 15) is 9.36 Å². The molecule has 78 heavy (non-hydrogen) atoms. The highest BCUT2D eigenvalue weighted by Crippen LogP contribution is 2.61. The highest BCUT2D eigenvalue weighted by molar-refractivity contribution is 8.24. The van der Waals surface area contributed by atoms with Crippen molar-refractivity contribution in [2.45, 2.75) is 67.6 Å². The summed E-state index contributed by atoms with van der Waals surface area (Å²) in [5.41, 5.74) is 9.16. The molecule has 0 aliphatic rings. The summed E-state index contributed by atoms with van der Waals surface area (Å²) >= 11 is 19.7. The number of aromatic amines is 4. The second kappa shape index (κ2) is 38.7. The number of rotatable bonds is 12. The van der Waals surface area contributed by atoms with Gasteiger partial charge in [0.05, 0.1) is 42.4 Å². The zero-order valence-corrected chi connectivity index (χ0v) is 49.6. The molecule has 0 aliphatic carbocycles. The van der Waals surface area contributed by atoms with Crippen LogP contribution in [0.25, 0.3) is 33.1 Å². The molecule has 1 unspecified atom stereocenters. The maximum Gasteiger partial charge on any atom is 0.373 e. The highest BCUT2D eigenvalue weighted by Gasteiger charge is 2.15. The minimum atomic E-state index is -3.22. The van der Waals surface area contributed by atoms with Gasteiger partial charge < -0.3 is 61.5 Å². The van der Waals surface area contributed by atoms with Gasteiger partial charge in [-0.1, -0.05) is 18.5 Å². The van der Waals surface area contributed by atoms with Crippen molar-refractivity contribution in [3.05, 3.63) is 118 Å². The minimum Gasteiger partial charge on any atom is -1.00 e. The molecule has 8 rings (SSSR count). The summed E-state index contributed by atoms with van der Waals surface area (Å²) in [4.78, 5) is 62.2. The van der Waals surface area contributed by atoms with Gasteiger partial charge in [0, 0.05) is 70.6 Å². The molecule has 8 aromatic rings. The van der Waals surface area contributed by atoms with Crippen molar-refractivity contribution < 1.29 is 50.9 Å². The summed E-state index contributed by atoms with van der Waals surface area (Å²) in [5.74, 6) is 5.14. The van der Waals surface area contributed by atoms with E-state index in [2.05, 4.69) is 90.0 Å². The topological polar surface area (TPSA) is 323 Å². The van der Waals surface area contributed by atoms with Crippen molar-refractivity contribution in [1.29, 1.82) is 5.26 Å². The SMILES string of the molecule is CC(N)=[NH2+].CCOC(CC(C#N)CC)OCC.CNc1ccc(OC)cc1.COc1ccc(N(C)c2nc(C)nc3[nH]ccc23)cc1.Cc1nc(Cl)c2cc[nH]c2n1.Cc1nc2[nH]ccc2c(=O)[nH]1.O=C=O.O=P(Cl)(Cl)Cl.[Cl-]. The number of nitrogens with one attached hydrogen (secondary N) is 5. The average Bonchev–Trinajstić information content (AvgIpc) is 4.18. The number of amidine groups is 1. The first-order valence-electron chi connectivity index (χ1n) is 23.2. The van der Waals surface area contributed by atoms with E-state index < -0.39 is 5.20 Å². The van der Waals surface area contributed by atoms with Crippen LogP contribution in [-0.4, -0.2) is 105 Å². The molecule has 6 aromatic heterocycles. The molecule has 0 radical (unpaired) electrons. The van der Waals surface area contributed by atoms with E-state index in [-0.39, 0.29) is 36.3 Å². The Balaban J connectivity index is 0.000000917. The largest absolute Gasteiger partial charge is 1.00 e. The number of aryl methyl sites for hydroxylation is 3. The monoisotopic (exact) mass is 1200 g/mol. The second-order valence-electron chi connectivity index (χ2n) is 15.3. The molecule has 0 spiro atoms. The molecule has 22 nitrogen and oxygen atoms in total. The van der Waals surface area contributed by atoms with E-state index in [4.69, 9.17) is 56.5 Å². The summed E-state index contributed by atoms with van der Waals surface area (Å²) < 4.78 is 30.4. The lowest BCUT2D eigenvalue weighted by molar-refractivity contribution is -0.191. The van der Waals surface area contributed by atoms with Crippen LogP contribution in [0.5, 0.6) is 11.5 Å². The van der Waals surface area contributed by atoms with Gasteiger partial charge in [-0.2, -0.15) is 14.9 Å². The molecule has 28 heteroatoms. The molecule has 0 saturated heterocycles. The Morgan fingerprint density at radius 2 is 1.21 bits per heavy atom. The van der Waals surface area contributed by atoms with Crippen molar-refractivity contribution >= 4 is 113 Å². The second-order valence-corrected chi connectivity index (χ2v) is 22.3. The number of nitrogens with zero attached hydrogens (tertiary/aromatic N) is 7. The third kappa shape index (κ3) is 28.0. The van der Waals surface area contributed by atoms with Crippen molar-refractivity contribution in [2.75, 3.05) is 51.7 Å². The van der Waals surface area contributed by atoms with E-state index in [1.165, 1.54) is 0 Å². The molecular weight excluding hydrogens is 1130 g/mol. The van der Waals surface area contributed by atoms with E-state index in [1.807, 2.05) is 120 Å². The summed E-state index contributed by atoms with van der Waals surface area (Å²) in [7, 11) is 7.21. The first kappa shape index (κ1) is 71.2. The number of H-pyrrole nitrogens is 4. The molecule has 0 saturated carbocycles. The molecule has 424 valence electrons. The standard InChI is InChI=1S/C15H16N4O.C10H19NO2.C8H11NO.C7H6ClN3.C7H7N3O.C2H6N2.CO2.Cl3OP.ClH/c1-10-17-14-13(8-9-16-14)15(18-10)19(2)11-4-6-12(20-3)7-5-11;1-4-9(8-11)7-10(12-5-2)13-6-3;1-9-7-3-5-8(10-2)6-4-7;1-4-10-6(8)5-2-3-9-7(5)11-4;1-4-9-6-5(2-3-8-6)7(11)10-4;1-2(3)4;2-1-3;1-5(2,3)4;/h4-9H,1-3H3,(H,16,17,18);9-10H,4-7H2,1-3H3;3-6,9H,1-2H3;2-3H,1H3,(H,9,10,11);2-3H,1H3,(H2,8,9,10,11);1H3,(H3,3,4);;;1H. The third-order valence-corrected chi connectivity index (χ3v) is 9.83. The van der Waals surface area contributed by atoms with Gasteiger partial charge in [-0.15, -0.1) is 0 Å². The molecule has 0 fully saturated rings. The van der Waals surface area contributed by atoms with Gasteiger partial charge >= 0.3 is 11.4 Å². The fraction of sp³-hybridized carbons (Fsp3) is 0.340. The van der Waals surface area contributed by atoms with Crippen molar-refractivity contribution in [3.63, 3.8) is 0 Å². The number of hydrogen-bond acceptors (Lipinski definition) is 16. The van der Waals surface area contributed by atoms with E-state index in [0.717, 1.165) is 63.0 Å². The number of fused-ring (bicyclic) bond motifs is 3. The average molecular weight is 1200 g/mol. The van der Waals surface area contributed by atoms with Crippen LogP contribution in [0.1, 0.15) is 58.0 Å². The van der Waals surface area contributed by atoms with E-state index in [1.54, 1.807) is 46.5 Å². The maximum absolute atomic E-state index is 11.1. The number of benzene rings is 2. The predicted octanol–water partition coefficient (Wildman–Crippen LogP) is 6.94. The number of nitriles is 1. The summed E-state index contributed by atoms with van der Waals surface area (Å²) in [6.07, 6.45) is 6.95. The first-order chi connectivity index (χ1) is 36.5. The quantitative estimate of drug-likeness (QED) is 0.0214. The number of hydrogen-bond donors (Lipinski definition) is 7. The van der Waals surface area contributed by atoms with Crippen LogP contribution in [0, 0.1) is 38.0 Å². The fourth-order valence-electron chi connectivity index (χ4n) is 6.15. The zero-order valence-electron chi connectivity index (χ0n) is 45.0. The molecule has 0 bridgehead atoms. The van der Waals surface area contributed by atoms with Gasteiger partial charge in [-0.25, -0.2) is 24.9 Å². The molecule has 9 N–H and O–H groups in total. The number of methoxy groups -OCH3 is 2. The number of anilines is 3. The Hall–Kier alpha value is -6.76. The summed E-state index contributed by atoms with van der Waals surface area (Å²) in [5, 5.41) is 16.4. The zero-order chi connectivity index (χ0) is 58.1. The Morgan fingerprint density at radius 1 is 0.782 bits per heavy atom. The van der Waals surface area contributed by atoms with E-state index >= 15 is 0 Å². The van der Waals surface area contributed by atoms with Crippen molar-refractivity contribution in [1.82, 2.24) is 44.9 Å². The maximum atomic E-state index is 11.1. The van der Waals surface area contributed by atoms with Crippen LogP contribution in [0.3, 0.4) is 0 Å². The van der Waals surface area contributed by atoms with Crippen LogP contribution in [-0.2, 0) is 23.6 Å². The summed E-state index contributed by atoms with van der Waals surface area (Å²) in [6, 6.07) is 23.5. The Morgan fingerprint density at radius 3 is 1.64 bits per heavy atom. The Bertz CT molecular complexity index is 3120. The highest BCUT2D eigenvalue weighted by atomic mass is 36.0. The lowest BCUT2D eigenvalue weighted by Crippen LogP contribution is -3.00. The Kier molecular flexibility index (Phi) is 35.4. The molecule has 6 heterocycles. The fourth-order valence-corrected chi connectivity index (χ4v) is 6.42. The van der Waals surface area contributed by atoms with Gasteiger partial charge in [0.25, 0.3) is 5.56 Å². The molecule has 0 amide bonds. The molecular formula is C50H66Cl5N14O8P. The number of ether oxygens (including phenoxy) is 4. The van der Waals surface area contributed by atoms with Gasteiger partial charge in [0.1, 0.15) is 56.9 Å². The van der Waals surface area contributed by atoms with Gasteiger partial charge in [-0.05, 0) is 141 Å². The van der Waals surface area contributed by atoms with Gasteiger partial charge in [0.2, 0.25) is 5.84 Å². The first-order valence-corrected chi connectivity index (χ1v) is 28.0. The normalized spacial score (nSPS) is 10.2. The lowest BCUT2D eigenvalue weighted by atomic mass is 10.0. The van der Waals surface area contributed by atoms with Crippen LogP contribution in [0.15, 0.2) is 90.1 Å². The van der Waals surface area contributed by atoms with Crippen LogP contribution >= 0.6 is 50.5 Å². The number of carbonyl (C=O) groups excluding carboxylic acids is 2. The van der Waals surface area contributed by atoms with Crippen LogP contribution in [0.4, 0.5) is 17.2 Å². The third-order valence-electron chi connectivity index (χ3n) is 9.55. The number of halogens is 5. The van der Waals surface area contributed by atoms with Crippen LogP contribution < -0.4 is 48.8 Å². The van der Waals surface area contributed by atoms with Crippen LogP contribution in [0.2, 0.25) is 5.15 Å². The van der Waals surface area contributed by atoms with Gasteiger partial charge in [-0.3, -0.25) is 20.5 Å². The number of aromatic nitrogens is 9. The van der Waals surface area contributed by atoms with E-state index in [0.29, 0.717) is 53.3 Å².